The largest absolute Gasteiger partial charge is 0.481 e. The normalized spacial score (nSPS) is 11.3. The standard InChI is InChI=1S/C10H10ClN5O4S/c11-8-1-2-9(14-13-8)15-21(19,20)7-5-12-16(6-7)4-3-10(17)18/h1-2,5-6H,3-4H2,(H,14,15)(H,17,18). The van der Waals surface area contributed by atoms with Crippen LogP contribution in [0.25, 0.3) is 0 Å². The molecule has 0 bridgehead atoms. The fraction of sp³-hybridized carbons (Fsp3) is 0.200. The van der Waals surface area contributed by atoms with Crippen molar-refractivity contribution in [1.82, 2.24) is 20.0 Å². The van der Waals surface area contributed by atoms with E-state index >= 15 is 0 Å². The first-order valence-corrected chi connectivity index (χ1v) is 7.49. The number of carboxylic acid groups (broad SMARTS) is 1. The van der Waals surface area contributed by atoms with Crippen LogP contribution in [0.2, 0.25) is 5.15 Å². The molecule has 11 heteroatoms. The van der Waals surface area contributed by atoms with E-state index in [-0.39, 0.29) is 28.8 Å². The zero-order valence-electron chi connectivity index (χ0n) is 10.5. The molecule has 112 valence electrons. The Morgan fingerprint density at radius 2 is 2.14 bits per heavy atom. The highest BCUT2D eigenvalue weighted by Gasteiger charge is 2.17. The predicted octanol–water partition coefficient (Wildman–Crippen LogP) is 0.602. The Balaban J connectivity index is 2.12. The van der Waals surface area contributed by atoms with Gasteiger partial charge in [0.05, 0.1) is 19.2 Å². The fourth-order valence-electron chi connectivity index (χ4n) is 1.38. The van der Waals surface area contributed by atoms with Gasteiger partial charge in [-0.15, -0.1) is 10.2 Å². The monoisotopic (exact) mass is 331 g/mol. The van der Waals surface area contributed by atoms with E-state index in [1.807, 2.05) is 0 Å². The van der Waals surface area contributed by atoms with E-state index in [2.05, 4.69) is 20.0 Å². The Hall–Kier alpha value is -2.20. The Morgan fingerprint density at radius 1 is 1.38 bits per heavy atom. The van der Waals surface area contributed by atoms with Crippen LogP contribution in [0.1, 0.15) is 6.42 Å². The molecule has 0 aliphatic carbocycles. The van der Waals surface area contributed by atoms with Gasteiger partial charge in [0.25, 0.3) is 10.0 Å². The fourth-order valence-corrected chi connectivity index (χ4v) is 2.43. The van der Waals surface area contributed by atoms with Crippen LogP contribution in [0, 0.1) is 0 Å². The van der Waals surface area contributed by atoms with Gasteiger partial charge in [0, 0.05) is 6.20 Å². The van der Waals surface area contributed by atoms with E-state index < -0.39 is 16.0 Å². The summed E-state index contributed by atoms with van der Waals surface area (Å²) in [6, 6.07) is 2.75. The molecule has 2 heterocycles. The summed E-state index contributed by atoms with van der Waals surface area (Å²) in [5.74, 6) is -0.984. The van der Waals surface area contributed by atoms with Crippen LogP contribution in [0.15, 0.2) is 29.4 Å². The van der Waals surface area contributed by atoms with Crippen molar-refractivity contribution in [2.75, 3.05) is 4.72 Å². The van der Waals surface area contributed by atoms with E-state index in [1.165, 1.54) is 23.0 Å². The van der Waals surface area contributed by atoms with E-state index in [0.717, 1.165) is 6.20 Å². The molecule has 0 radical (unpaired) electrons. The molecule has 0 unspecified atom stereocenters. The number of nitrogens with one attached hydrogen (secondary N) is 1. The first kappa shape index (κ1) is 15.2. The predicted molar refractivity (Wildman–Crippen MR) is 72.3 cm³/mol. The average Bonchev–Trinajstić information content (AvgIpc) is 2.88. The minimum absolute atomic E-state index is 0.0117. The van der Waals surface area contributed by atoms with Crippen molar-refractivity contribution in [2.45, 2.75) is 17.9 Å². The van der Waals surface area contributed by atoms with Crippen molar-refractivity contribution < 1.29 is 18.3 Å². The Bertz CT molecular complexity index is 743. The van der Waals surface area contributed by atoms with Gasteiger partial charge in [-0.1, -0.05) is 11.6 Å². The number of carboxylic acids is 1. The van der Waals surface area contributed by atoms with Crippen LogP contribution < -0.4 is 4.72 Å². The van der Waals surface area contributed by atoms with Gasteiger partial charge in [0.2, 0.25) is 0 Å². The van der Waals surface area contributed by atoms with Crippen molar-refractivity contribution in [1.29, 1.82) is 0 Å². The van der Waals surface area contributed by atoms with Crippen molar-refractivity contribution in [3.05, 3.63) is 29.7 Å². The second-order valence-electron chi connectivity index (χ2n) is 3.93. The van der Waals surface area contributed by atoms with E-state index in [1.54, 1.807) is 0 Å². The lowest BCUT2D eigenvalue weighted by Crippen LogP contribution is -2.13. The summed E-state index contributed by atoms with van der Waals surface area (Å²) >= 11 is 5.55. The number of aliphatic carboxylic acids is 1. The number of hydrogen-bond acceptors (Lipinski definition) is 6. The highest BCUT2D eigenvalue weighted by atomic mass is 35.5. The van der Waals surface area contributed by atoms with Crippen molar-refractivity contribution in [2.24, 2.45) is 0 Å². The number of anilines is 1. The van der Waals surface area contributed by atoms with E-state index in [9.17, 15) is 13.2 Å². The van der Waals surface area contributed by atoms with Crippen molar-refractivity contribution in [3.63, 3.8) is 0 Å². The van der Waals surface area contributed by atoms with E-state index in [0.29, 0.717) is 0 Å². The summed E-state index contributed by atoms with van der Waals surface area (Å²) in [6.07, 6.45) is 2.19. The van der Waals surface area contributed by atoms with E-state index in [4.69, 9.17) is 16.7 Å². The van der Waals surface area contributed by atoms with Gasteiger partial charge in [0.15, 0.2) is 11.0 Å². The zero-order valence-corrected chi connectivity index (χ0v) is 12.0. The first-order chi connectivity index (χ1) is 9.87. The first-order valence-electron chi connectivity index (χ1n) is 5.63. The minimum atomic E-state index is -3.87. The maximum atomic E-state index is 12.1. The highest BCUT2D eigenvalue weighted by Crippen LogP contribution is 2.14. The third-order valence-corrected chi connectivity index (χ3v) is 3.86. The maximum absolute atomic E-state index is 12.1. The highest BCUT2D eigenvalue weighted by molar-refractivity contribution is 7.92. The smallest absolute Gasteiger partial charge is 0.305 e. The molecule has 2 aromatic rings. The summed E-state index contributed by atoms with van der Waals surface area (Å²) in [5, 5.41) is 19.6. The number of nitrogens with zero attached hydrogens (tertiary/aromatic N) is 4. The number of carbonyl (C=O) groups is 1. The summed E-state index contributed by atoms with van der Waals surface area (Å²) in [7, 11) is -3.87. The summed E-state index contributed by atoms with van der Waals surface area (Å²) in [6.45, 7) is 0.0750. The molecule has 0 saturated heterocycles. The topological polar surface area (TPSA) is 127 Å². The quantitative estimate of drug-likeness (QED) is 0.793. The molecule has 0 aliphatic heterocycles. The van der Waals surface area contributed by atoms with Gasteiger partial charge in [-0.25, -0.2) is 8.42 Å². The second-order valence-corrected chi connectivity index (χ2v) is 6.00. The Morgan fingerprint density at radius 3 is 2.76 bits per heavy atom. The molecule has 9 nitrogen and oxygen atoms in total. The summed E-state index contributed by atoms with van der Waals surface area (Å²) < 4.78 is 27.6. The number of sulfonamides is 1. The molecule has 0 saturated carbocycles. The van der Waals surface area contributed by atoms with Crippen LogP contribution >= 0.6 is 11.6 Å². The van der Waals surface area contributed by atoms with Crippen LogP contribution in [0.4, 0.5) is 5.82 Å². The number of hydrogen-bond donors (Lipinski definition) is 2. The number of halogens is 1. The summed E-state index contributed by atoms with van der Waals surface area (Å²) in [4.78, 5) is 10.3. The molecule has 2 N–H and O–H groups in total. The van der Waals surface area contributed by atoms with Crippen molar-refractivity contribution in [3.8, 4) is 0 Å². The molecule has 0 atom stereocenters. The third-order valence-electron chi connectivity index (χ3n) is 2.35. The van der Waals surface area contributed by atoms with Crippen LogP contribution in [0.5, 0.6) is 0 Å². The molecule has 2 aromatic heterocycles. The molecule has 0 fully saturated rings. The number of rotatable bonds is 6. The molecule has 21 heavy (non-hydrogen) atoms. The van der Waals surface area contributed by atoms with Gasteiger partial charge < -0.3 is 5.11 Å². The lowest BCUT2D eigenvalue weighted by molar-refractivity contribution is -0.137. The van der Waals surface area contributed by atoms with Gasteiger partial charge in [-0.05, 0) is 12.1 Å². The molecule has 2 rings (SSSR count). The van der Waals surface area contributed by atoms with Gasteiger partial charge in [-0.3, -0.25) is 14.2 Å². The van der Waals surface area contributed by atoms with Gasteiger partial charge >= 0.3 is 5.97 Å². The lowest BCUT2D eigenvalue weighted by atomic mass is 10.4. The number of aryl methyl sites for hydroxylation is 1. The van der Waals surface area contributed by atoms with Crippen LogP contribution in [-0.2, 0) is 21.4 Å². The number of aromatic nitrogens is 4. The maximum Gasteiger partial charge on any atom is 0.305 e. The minimum Gasteiger partial charge on any atom is -0.481 e. The zero-order chi connectivity index (χ0) is 15.5. The Kier molecular flexibility index (Phi) is 4.38. The second kappa shape index (κ2) is 6.06. The van der Waals surface area contributed by atoms with Crippen molar-refractivity contribution >= 4 is 33.4 Å². The molecule has 0 aliphatic rings. The molecular weight excluding hydrogens is 322 g/mol. The molecule has 0 aromatic carbocycles. The van der Waals surface area contributed by atoms with Gasteiger partial charge in [-0.2, -0.15) is 5.10 Å². The summed E-state index contributed by atoms with van der Waals surface area (Å²) in [5.41, 5.74) is 0. The van der Waals surface area contributed by atoms with Gasteiger partial charge in [0.1, 0.15) is 4.90 Å². The third kappa shape index (κ3) is 4.13. The van der Waals surface area contributed by atoms with Crippen LogP contribution in [-0.4, -0.2) is 39.5 Å². The molecule has 0 amide bonds. The average molecular weight is 332 g/mol. The Labute approximate surface area is 124 Å². The molecular formula is C10H10ClN5O4S. The SMILES string of the molecule is O=C(O)CCn1cc(S(=O)(=O)Nc2ccc(Cl)nn2)cn1. The molecule has 0 spiro atoms. The van der Waals surface area contributed by atoms with Crippen LogP contribution in [0.3, 0.4) is 0 Å². The lowest BCUT2D eigenvalue weighted by Gasteiger charge is -2.04.